The molecule has 0 amide bonds. The molecule has 4 nitrogen and oxygen atoms in total. The Hall–Kier alpha value is -9.38. The maximum Gasteiger partial charge on any atom is 0.0619 e. The van der Waals surface area contributed by atoms with Crippen molar-refractivity contribution in [1.82, 2.24) is 18.3 Å². The SMILES string of the molecule is c1cc(-c2cccc3c4ccccc4n(-c4cccc(-n5c6ccccc6c6ccccc65)c4)c23)cc(-c2cccc3c4ccccc4n(-c4cccc(-n5c6ccccc6c6ccccc65)c4)c23)c1. The van der Waals surface area contributed by atoms with Crippen LogP contribution in [0.25, 0.3) is 132 Å². The van der Waals surface area contributed by atoms with E-state index < -0.39 is 0 Å². The minimum atomic E-state index is 1.12. The van der Waals surface area contributed by atoms with Crippen molar-refractivity contribution < 1.29 is 0 Å². The highest BCUT2D eigenvalue weighted by Crippen LogP contribution is 2.43. The fourth-order valence-corrected chi connectivity index (χ4v) is 11.8. The molecule has 0 saturated carbocycles. The Morgan fingerprint density at radius 3 is 0.800 bits per heavy atom. The van der Waals surface area contributed by atoms with Crippen LogP contribution < -0.4 is 0 Å². The molecule has 0 saturated heterocycles. The molecule has 4 aromatic heterocycles. The molecule has 0 fully saturated rings. The van der Waals surface area contributed by atoms with Gasteiger partial charge in [-0.05, 0) is 90.0 Å². The summed E-state index contributed by atoms with van der Waals surface area (Å²) in [4.78, 5) is 0. The molecule has 0 radical (unpaired) electrons. The summed E-state index contributed by atoms with van der Waals surface area (Å²) in [5.74, 6) is 0. The summed E-state index contributed by atoms with van der Waals surface area (Å²) in [7, 11) is 0. The third-order valence-electron chi connectivity index (χ3n) is 14.7. The highest BCUT2D eigenvalue weighted by molar-refractivity contribution is 6.16. The maximum absolute atomic E-state index is 2.48. The first-order chi connectivity index (χ1) is 34.8. The smallest absolute Gasteiger partial charge is 0.0619 e. The molecule has 15 rings (SSSR count). The first-order valence-electron chi connectivity index (χ1n) is 24.1. The molecular formula is C66H42N4. The fraction of sp³-hybridized carbons (Fsp3) is 0. The van der Waals surface area contributed by atoms with E-state index in [1.54, 1.807) is 0 Å². The van der Waals surface area contributed by atoms with Crippen LogP contribution in [0.2, 0.25) is 0 Å². The summed E-state index contributed by atoms with van der Waals surface area (Å²) in [6.45, 7) is 0. The van der Waals surface area contributed by atoms with Gasteiger partial charge in [-0.15, -0.1) is 0 Å². The van der Waals surface area contributed by atoms with Gasteiger partial charge in [0.15, 0.2) is 0 Å². The van der Waals surface area contributed by atoms with Gasteiger partial charge >= 0.3 is 0 Å². The van der Waals surface area contributed by atoms with Gasteiger partial charge < -0.3 is 18.3 Å². The Morgan fingerprint density at radius 1 is 0.186 bits per heavy atom. The van der Waals surface area contributed by atoms with Crippen molar-refractivity contribution in [1.29, 1.82) is 0 Å². The van der Waals surface area contributed by atoms with Crippen LogP contribution in [0.4, 0.5) is 0 Å². The minimum Gasteiger partial charge on any atom is -0.309 e. The van der Waals surface area contributed by atoms with Gasteiger partial charge in [-0.3, -0.25) is 0 Å². The topological polar surface area (TPSA) is 19.7 Å². The van der Waals surface area contributed by atoms with E-state index in [2.05, 4.69) is 273 Å². The van der Waals surface area contributed by atoms with Gasteiger partial charge in [0.1, 0.15) is 0 Å². The van der Waals surface area contributed by atoms with Gasteiger partial charge in [-0.2, -0.15) is 0 Å². The van der Waals surface area contributed by atoms with Crippen LogP contribution in [0.1, 0.15) is 0 Å². The number of benzene rings is 11. The second-order valence-corrected chi connectivity index (χ2v) is 18.5. The monoisotopic (exact) mass is 890 g/mol. The lowest BCUT2D eigenvalue weighted by molar-refractivity contribution is 1.13. The Bertz CT molecular complexity index is 4210. The normalized spacial score (nSPS) is 12.0. The second-order valence-electron chi connectivity index (χ2n) is 18.5. The number of hydrogen-bond donors (Lipinski definition) is 0. The van der Waals surface area contributed by atoms with Crippen molar-refractivity contribution in [2.24, 2.45) is 0 Å². The Balaban J connectivity index is 0.924. The van der Waals surface area contributed by atoms with E-state index in [1.165, 1.54) is 109 Å². The summed E-state index contributed by atoms with van der Waals surface area (Å²) >= 11 is 0. The van der Waals surface area contributed by atoms with Crippen molar-refractivity contribution in [2.45, 2.75) is 0 Å². The lowest BCUT2D eigenvalue weighted by atomic mass is 9.96. The molecule has 0 bridgehead atoms. The van der Waals surface area contributed by atoms with E-state index in [-0.39, 0.29) is 0 Å². The number of para-hydroxylation sites is 8. The van der Waals surface area contributed by atoms with Gasteiger partial charge in [0, 0.05) is 77.0 Å². The molecule has 15 aromatic rings. The average Bonchev–Trinajstić information content (AvgIpc) is 4.16. The molecule has 4 heterocycles. The quantitative estimate of drug-likeness (QED) is 0.158. The number of hydrogen-bond acceptors (Lipinski definition) is 0. The average molecular weight is 891 g/mol. The summed E-state index contributed by atoms with van der Waals surface area (Å²) < 4.78 is 9.78. The molecule has 0 unspecified atom stereocenters. The van der Waals surface area contributed by atoms with Gasteiger partial charge in [-0.1, -0.05) is 176 Å². The Morgan fingerprint density at radius 2 is 0.443 bits per heavy atom. The summed E-state index contributed by atoms with van der Waals surface area (Å²) in [6, 6.07) is 93.6. The van der Waals surface area contributed by atoms with E-state index in [1.807, 2.05) is 0 Å². The number of rotatable bonds is 6. The maximum atomic E-state index is 2.48. The van der Waals surface area contributed by atoms with E-state index >= 15 is 0 Å². The van der Waals surface area contributed by atoms with Crippen molar-refractivity contribution in [2.75, 3.05) is 0 Å². The van der Waals surface area contributed by atoms with Gasteiger partial charge in [-0.25, -0.2) is 0 Å². The minimum absolute atomic E-state index is 1.12. The van der Waals surface area contributed by atoms with Crippen LogP contribution in [0.5, 0.6) is 0 Å². The van der Waals surface area contributed by atoms with Gasteiger partial charge in [0.2, 0.25) is 0 Å². The molecule has 0 spiro atoms. The van der Waals surface area contributed by atoms with E-state index in [4.69, 9.17) is 0 Å². The lowest BCUT2D eigenvalue weighted by Crippen LogP contribution is -1.99. The molecule has 0 atom stereocenters. The van der Waals surface area contributed by atoms with Gasteiger partial charge in [0.25, 0.3) is 0 Å². The third-order valence-corrected chi connectivity index (χ3v) is 14.7. The highest BCUT2D eigenvalue weighted by atomic mass is 15.0. The molecular weight excluding hydrogens is 849 g/mol. The molecule has 0 aliphatic rings. The molecule has 11 aromatic carbocycles. The Labute approximate surface area is 403 Å². The molecule has 0 aliphatic heterocycles. The zero-order valence-corrected chi connectivity index (χ0v) is 38.0. The number of aromatic nitrogens is 4. The summed E-state index contributed by atoms with van der Waals surface area (Å²) in [6.07, 6.45) is 0. The zero-order chi connectivity index (χ0) is 45.9. The largest absolute Gasteiger partial charge is 0.309 e. The highest BCUT2D eigenvalue weighted by Gasteiger charge is 2.21. The van der Waals surface area contributed by atoms with Crippen molar-refractivity contribution in [3.63, 3.8) is 0 Å². The second kappa shape index (κ2) is 15.1. The van der Waals surface area contributed by atoms with E-state index in [0.717, 1.165) is 22.7 Å². The molecule has 4 heteroatoms. The predicted octanol–water partition coefficient (Wildman–Crippen LogP) is 17.4. The van der Waals surface area contributed by atoms with Crippen LogP contribution in [0, 0.1) is 0 Å². The third kappa shape index (κ3) is 5.59. The van der Waals surface area contributed by atoms with Gasteiger partial charge in [0.05, 0.1) is 44.1 Å². The van der Waals surface area contributed by atoms with Crippen LogP contribution in [0.3, 0.4) is 0 Å². The first kappa shape index (κ1) is 38.7. The zero-order valence-electron chi connectivity index (χ0n) is 38.0. The summed E-state index contributed by atoms with van der Waals surface area (Å²) in [5, 5.41) is 9.94. The number of nitrogens with zero attached hydrogens (tertiary/aromatic N) is 4. The van der Waals surface area contributed by atoms with Crippen LogP contribution in [-0.2, 0) is 0 Å². The predicted molar refractivity (Wildman–Crippen MR) is 295 cm³/mol. The molecule has 0 aliphatic carbocycles. The molecule has 0 N–H and O–H groups in total. The van der Waals surface area contributed by atoms with Crippen molar-refractivity contribution in [3.8, 4) is 45.0 Å². The number of fused-ring (bicyclic) bond motifs is 12. The fourth-order valence-electron chi connectivity index (χ4n) is 11.8. The molecule has 70 heavy (non-hydrogen) atoms. The summed E-state index contributed by atoms with van der Waals surface area (Å²) in [5.41, 5.74) is 18.7. The van der Waals surface area contributed by atoms with Crippen LogP contribution >= 0.6 is 0 Å². The van der Waals surface area contributed by atoms with Crippen LogP contribution in [0.15, 0.2) is 255 Å². The first-order valence-corrected chi connectivity index (χ1v) is 24.1. The molecule has 326 valence electrons. The lowest BCUT2D eigenvalue weighted by Gasteiger charge is -2.16. The standard InChI is InChI=1S/C66H42N4/c1-7-34-59-51(24-1)52-25-2-8-35-60(52)67(59)45-20-14-22-47(41-45)69-63-38-11-5-28-55(63)57-32-16-30-49(65(57)69)43-18-13-19-44(40-43)50-31-17-33-58-56-29-6-12-39-64(56)70(66(50)58)48-23-15-21-46(42-48)68-61-36-9-3-26-53(61)54-27-4-10-37-62(54)68/h1-42H. The van der Waals surface area contributed by atoms with Crippen LogP contribution in [-0.4, -0.2) is 18.3 Å². The van der Waals surface area contributed by atoms with Crippen molar-refractivity contribution >= 4 is 87.2 Å². The van der Waals surface area contributed by atoms with Crippen molar-refractivity contribution in [3.05, 3.63) is 255 Å². The van der Waals surface area contributed by atoms with E-state index in [9.17, 15) is 0 Å². The Kier molecular flexibility index (Phi) is 8.33. The van der Waals surface area contributed by atoms with E-state index in [0.29, 0.717) is 0 Å².